The molecule has 0 unspecified atom stereocenters. The van der Waals surface area contributed by atoms with Gasteiger partial charge in [-0.2, -0.15) is 0 Å². The summed E-state index contributed by atoms with van der Waals surface area (Å²) in [5, 5.41) is 2.50. The van der Waals surface area contributed by atoms with Gasteiger partial charge in [0.2, 0.25) is 0 Å². The zero-order valence-electron chi connectivity index (χ0n) is 11.1. The maximum absolute atomic E-state index is 13.5. The lowest BCUT2D eigenvalue weighted by Crippen LogP contribution is -2.21. The number of hydrogen-bond donors (Lipinski definition) is 1. The van der Waals surface area contributed by atoms with Crippen molar-refractivity contribution in [1.29, 1.82) is 0 Å². The molecule has 0 heterocycles. The molecule has 0 aromatic heterocycles. The fraction of sp³-hybridized carbons (Fsp3) is 0.0667. The molecule has 22 heavy (non-hydrogen) atoms. The van der Waals surface area contributed by atoms with Crippen LogP contribution in [0.25, 0.3) is 0 Å². The molecule has 1 amide bonds. The van der Waals surface area contributed by atoms with Gasteiger partial charge in [0.05, 0.1) is 5.02 Å². The van der Waals surface area contributed by atoms with Gasteiger partial charge in [-0.3, -0.25) is 4.79 Å². The fourth-order valence-corrected chi connectivity index (χ4v) is 2.44. The van der Waals surface area contributed by atoms with Crippen molar-refractivity contribution in [2.45, 2.75) is 0 Å². The molecule has 0 bridgehead atoms. The first-order valence-electron chi connectivity index (χ1n) is 6.14. The lowest BCUT2D eigenvalue weighted by molar-refractivity contribution is -0.119. The number of hydrogen-bond acceptors (Lipinski definition) is 3. The van der Waals surface area contributed by atoms with Gasteiger partial charge in [0.25, 0.3) is 5.91 Å². The van der Waals surface area contributed by atoms with Gasteiger partial charge in [0, 0.05) is 9.26 Å². The van der Waals surface area contributed by atoms with E-state index in [-0.39, 0.29) is 10.6 Å². The SMILES string of the molecule is O=C(COC(=O)c1c(F)cccc1Cl)Nc1cccc(I)c1. The molecular weight excluding hydrogens is 424 g/mol. The number of amides is 1. The van der Waals surface area contributed by atoms with Crippen molar-refractivity contribution in [3.05, 3.63) is 62.4 Å². The summed E-state index contributed by atoms with van der Waals surface area (Å²) in [5.74, 6) is -2.31. The molecule has 0 atom stereocenters. The van der Waals surface area contributed by atoms with E-state index in [1.54, 1.807) is 18.2 Å². The second-order valence-corrected chi connectivity index (χ2v) is 5.88. The molecule has 0 aliphatic heterocycles. The third-order valence-corrected chi connectivity index (χ3v) is 3.60. The number of benzene rings is 2. The summed E-state index contributed by atoms with van der Waals surface area (Å²) in [6.07, 6.45) is 0. The lowest BCUT2D eigenvalue weighted by atomic mass is 10.2. The summed E-state index contributed by atoms with van der Waals surface area (Å²) < 4.78 is 19.3. The predicted molar refractivity (Wildman–Crippen MR) is 89.5 cm³/mol. The van der Waals surface area contributed by atoms with Gasteiger partial charge in [0.1, 0.15) is 11.4 Å². The Kier molecular flexibility index (Phi) is 5.73. The normalized spacial score (nSPS) is 10.1. The van der Waals surface area contributed by atoms with Crippen molar-refractivity contribution in [2.24, 2.45) is 0 Å². The number of halogens is 3. The van der Waals surface area contributed by atoms with Crippen LogP contribution in [-0.2, 0) is 9.53 Å². The summed E-state index contributed by atoms with van der Waals surface area (Å²) in [7, 11) is 0. The van der Waals surface area contributed by atoms with Gasteiger partial charge in [0.15, 0.2) is 6.61 Å². The Morgan fingerprint density at radius 1 is 1.23 bits per heavy atom. The number of esters is 1. The molecular formula is C15H10ClFINO3. The van der Waals surface area contributed by atoms with Crippen LogP contribution in [0.3, 0.4) is 0 Å². The van der Waals surface area contributed by atoms with E-state index in [1.165, 1.54) is 12.1 Å². The van der Waals surface area contributed by atoms with Crippen LogP contribution in [0.4, 0.5) is 10.1 Å². The van der Waals surface area contributed by atoms with Gasteiger partial charge in [-0.05, 0) is 52.9 Å². The third-order valence-electron chi connectivity index (χ3n) is 2.61. The summed E-state index contributed by atoms with van der Waals surface area (Å²) in [6, 6.07) is 10.9. The van der Waals surface area contributed by atoms with Gasteiger partial charge >= 0.3 is 5.97 Å². The van der Waals surface area contributed by atoms with Crippen molar-refractivity contribution in [3.8, 4) is 0 Å². The van der Waals surface area contributed by atoms with E-state index in [4.69, 9.17) is 16.3 Å². The Morgan fingerprint density at radius 3 is 2.64 bits per heavy atom. The maximum atomic E-state index is 13.5. The van der Waals surface area contributed by atoms with Crippen molar-refractivity contribution in [3.63, 3.8) is 0 Å². The molecule has 0 aliphatic carbocycles. The van der Waals surface area contributed by atoms with Crippen LogP contribution in [0, 0.1) is 9.39 Å². The highest BCUT2D eigenvalue weighted by atomic mass is 127. The minimum absolute atomic E-state index is 0.0666. The Hall–Kier alpha value is -1.67. The van der Waals surface area contributed by atoms with Crippen molar-refractivity contribution in [1.82, 2.24) is 0 Å². The van der Waals surface area contributed by atoms with Crippen LogP contribution < -0.4 is 5.32 Å². The quantitative estimate of drug-likeness (QED) is 0.588. The number of carbonyl (C=O) groups is 2. The number of carbonyl (C=O) groups excluding carboxylic acids is 2. The number of rotatable bonds is 4. The van der Waals surface area contributed by atoms with Gasteiger partial charge < -0.3 is 10.1 Å². The summed E-state index contributed by atoms with van der Waals surface area (Å²) in [5.41, 5.74) is 0.197. The highest BCUT2D eigenvalue weighted by Gasteiger charge is 2.18. The third kappa shape index (κ3) is 4.41. The second kappa shape index (κ2) is 7.55. The Balaban J connectivity index is 1.95. The zero-order chi connectivity index (χ0) is 16.1. The van der Waals surface area contributed by atoms with E-state index in [0.29, 0.717) is 5.69 Å². The van der Waals surface area contributed by atoms with Crippen LogP contribution in [0.15, 0.2) is 42.5 Å². The van der Waals surface area contributed by atoms with Crippen molar-refractivity contribution >= 4 is 51.8 Å². The molecule has 4 nitrogen and oxygen atoms in total. The number of anilines is 1. The fourth-order valence-electron chi connectivity index (χ4n) is 1.66. The number of nitrogens with one attached hydrogen (secondary N) is 1. The minimum Gasteiger partial charge on any atom is -0.452 e. The Labute approximate surface area is 144 Å². The molecule has 2 rings (SSSR count). The van der Waals surface area contributed by atoms with E-state index in [1.807, 2.05) is 6.07 Å². The Morgan fingerprint density at radius 2 is 1.95 bits per heavy atom. The topological polar surface area (TPSA) is 55.4 Å². The van der Waals surface area contributed by atoms with Crippen molar-refractivity contribution < 1.29 is 18.7 Å². The highest BCUT2D eigenvalue weighted by molar-refractivity contribution is 14.1. The summed E-state index contributed by atoms with van der Waals surface area (Å²) >= 11 is 7.85. The van der Waals surface area contributed by atoms with Crippen LogP contribution >= 0.6 is 34.2 Å². The van der Waals surface area contributed by atoms with Crippen LogP contribution in [0.1, 0.15) is 10.4 Å². The Bertz CT molecular complexity index is 703. The van der Waals surface area contributed by atoms with Crippen LogP contribution in [0.5, 0.6) is 0 Å². The highest BCUT2D eigenvalue weighted by Crippen LogP contribution is 2.19. The summed E-state index contributed by atoms with van der Waals surface area (Å²) in [4.78, 5) is 23.5. The predicted octanol–water partition coefficient (Wildman–Crippen LogP) is 3.88. The monoisotopic (exact) mass is 433 g/mol. The molecule has 0 aliphatic rings. The molecule has 2 aromatic carbocycles. The standard InChI is InChI=1S/C15H10ClFINO3/c16-11-5-2-6-12(17)14(11)15(21)22-8-13(20)19-10-4-1-3-9(18)7-10/h1-7H,8H2,(H,19,20). The second-order valence-electron chi connectivity index (χ2n) is 4.23. The maximum Gasteiger partial charge on any atom is 0.343 e. The van der Waals surface area contributed by atoms with Gasteiger partial charge in [-0.15, -0.1) is 0 Å². The van der Waals surface area contributed by atoms with Crippen LogP contribution in [0.2, 0.25) is 5.02 Å². The van der Waals surface area contributed by atoms with E-state index >= 15 is 0 Å². The lowest BCUT2D eigenvalue weighted by Gasteiger charge is -2.08. The first kappa shape index (κ1) is 16.7. The van der Waals surface area contributed by atoms with E-state index in [2.05, 4.69) is 27.9 Å². The van der Waals surface area contributed by atoms with Crippen LogP contribution in [-0.4, -0.2) is 18.5 Å². The molecule has 0 spiro atoms. The van der Waals surface area contributed by atoms with Crippen molar-refractivity contribution in [2.75, 3.05) is 11.9 Å². The molecule has 2 aromatic rings. The largest absolute Gasteiger partial charge is 0.452 e. The average Bonchev–Trinajstić information content (AvgIpc) is 2.45. The summed E-state index contributed by atoms with van der Waals surface area (Å²) in [6.45, 7) is -0.533. The minimum atomic E-state index is -0.985. The average molecular weight is 434 g/mol. The van der Waals surface area contributed by atoms with E-state index in [0.717, 1.165) is 9.64 Å². The molecule has 7 heteroatoms. The molecule has 114 valence electrons. The van der Waals surface area contributed by atoms with Gasteiger partial charge in [-0.1, -0.05) is 23.7 Å². The molecule has 0 radical (unpaired) electrons. The molecule has 1 N–H and O–H groups in total. The van der Waals surface area contributed by atoms with Gasteiger partial charge in [-0.25, -0.2) is 9.18 Å². The molecule has 0 saturated carbocycles. The number of ether oxygens (including phenoxy) is 1. The van der Waals surface area contributed by atoms with E-state index < -0.39 is 24.3 Å². The smallest absolute Gasteiger partial charge is 0.343 e. The van der Waals surface area contributed by atoms with E-state index in [9.17, 15) is 14.0 Å². The first-order valence-corrected chi connectivity index (χ1v) is 7.59. The molecule has 0 fully saturated rings. The zero-order valence-corrected chi connectivity index (χ0v) is 14.0. The first-order chi connectivity index (χ1) is 10.5. The molecule has 0 saturated heterocycles.